The number of nitrogens with two attached hydrogens (primary N) is 1. The van der Waals surface area contributed by atoms with Crippen LogP contribution in [0.15, 0.2) is 24.3 Å². The highest BCUT2D eigenvalue weighted by atomic mass is 19.4. The predicted octanol–water partition coefficient (Wildman–Crippen LogP) is 2.44. The van der Waals surface area contributed by atoms with E-state index in [1.165, 1.54) is 0 Å². The number of aryl methyl sites for hydroxylation is 1. The molecule has 0 amide bonds. The molecule has 2 nitrogen and oxygen atoms in total. The van der Waals surface area contributed by atoms with Gasteiger partial charge >= 0.3 is 6.18 Å². The van der Waals surface area contributed by atoms with Crippen LogP contribution < -0.4 is 5.73 Å². The van der Waals surface area contributed by atoms with E-state index in [1.807, 2.05) is 31.2 Å². The van der Waals surface area contributed by atoms with Crippen LogP contribution in [0.3, 0.4) is 0 Å². The molecule has 1 unspecified atom stereocenters. The summed E-state index contributed by atoms with van der Waals surface area (Å²) in [5.74, 6) is 0. The van der Waals surface area contributed by atoms with E-state index in [0.717, 1.165) is 11.1 Å². The third-order valence-corrected chi connectivity index (χ3v) is 2.22. The number of alkyl halides is 3. The molecule has 0 aromatic heterocycles. The summed E-state index contributed by atoms with van der Waals surface area (Å²) < 4.78 is 39.9. The largest absolute Gasteiger partial charge is 0.411 e. The van der Waals surface area contributed by atoms with Crippen LogP contribution in [-0.2, 0) is 11.2 Å². The number of halogens is 3. The van der Waals surface area contributed by atoms with Crippen molar-refractivity contribution in [2.24, 2.45) is 5.73 Å². The zero-order valence-electron chi connectivity index (χ0n) is 9.63. The van der Waals surface area contributed by atoms with Crippen LogP contribution in [0.5, 0.6) is 0 Å². The van der Waals surface area contributed by atoms with Gasteiger partial charge in [0, 0.05) is 6.04 Å². The molecule has 96 valence electrons. The summed E-state index contributed by atoms with van der Waals surface area (Å²) >= 11 is 0. The molecular weight excluding hydrogens is 231 g/mol. The SMILES string of the molecule is Cc1ccc(CC(N)COCC(F)(F)F)cc1. The fraction of sp³-hybridized carbons (Fsp3) is 0.500. The van der Waals surface area contributed by atoms with Gasteiger partial charge in [-0.25, -0.2) is 0 Å². The van der Waals surface area contributed by atoms with Crippen molar-refractivity contribution in [1.82, 2.24) is 0 Å². The van der Waals surface area contributed by atoms with Crippen molar-refractivity contribution in [3.8, 4) is 0 Å². The van der Waals surface area contributed by atoms with Crippen molar-refractivity contribution in [1.29, 1.82) is 0 Å². The zero-order valence-corrected chi connectivity index (χ0v) is 9.63. The lowest BCUT2D eigenvalue weighted by Gasteiger charge is -2.13. The van der Waals surface area contributed by atoms with Crippen molar-refractivity contribution in [2.75, 3.05) is 13.2 Å². The fourth-order valence-electron chi connectivity index (χ4n) is 1.41. The molecule has 1 aromatic carbocycles. The summed E-state index contributed by atoms with van der Waals surface area (Å²) in [6.07, 6.45) is -3.78. The molecule has 0 heterocycles. The minimum Gasteiger partial charge on any atom is -0.370 e. The third kappa shape index (κ3) is 6.28. The van der Waals surface area contributed by atoms with E-state index >= 15 is 0 Å². The van der Waals surface area contributed by atoms with Crippen LogP contribution in [-0.4, -0.2) is 25.4 Å². The van der Waals surface area contributed by atoms with Gasteiger partial charge < -0.3 is 10.5 Å². The van der Waals surface area contributed by atoms with Crippen LogP contribution in [0.2, 0.25) is 0 Å². The molecule has 2 N–H and O–H groups in total. The Kier molecular flexibility index (Phi) is 4.96. The fourth-order valence-corrected chi connectivity index (χ4v) is 1.41. The average Bonchev–Trinajstić information content (AvgIpc) is 2.19. The number of ether oxygens (including phenoxy) is 1. The lowest BCUT2D eigenvalue weighted by Crippen LogP contribution is -2.31. The molecule has 0 saturated carbocycles. The second-order valence-corrected chi connectivity index (χ2v) is 4.08. The first-order valence-corrected chi connectivity index (χ1v) is 5.32. The van der Waals surface area contributed by atoms with E-state index in [9.17, 15) is 13.2 Å². The van der Waals surface area contributed by atoms with Crippen molar-refractivity contribution in [2.45, 2.75) is 25.6 Å². The first-order chi connectivity index (χ1) is 7.87. The average molecular weight is 247 g/mol. The molecule has 0 fully saturated rings. The molecule has 0 saturated heterocycles. The van der Waals surface area contributed by atoms with Gasteiger partial charge in [0.2, 0.25) is 0 Å². The lowest BCUT2D eigenvalue weighted by molar-refractivity contribution is -0.174. The lowest BCUT2D eigenvalue weighted by atomic mass is 10.1. The van der Waals surface area contributed by atoms with Gasteiger partial charge in [-0.1, -0.05) is 29.8 Å². The van der Waals surface area contributed by atoms with Gasteiger partial charge in [0.05, 0.1) is 6.61 Å². The van der Waals surface area contributed by atoms with Crippen molar-refractivity contribution >= 4 is 0 Å². The Morgan fingerprint density at radius 1 is 1.24 bits per heavy atom. The van der Waals surface area contributed by atoms with Crippen LogP contribution in [0, 0.1) is 6.92 Å². The summed E-state index contributed by atoms with van der Waals surface area (Å²) in [6.45, 7) is 0.637. The monoisotopic (exact) mass is 247 g/mol. The van der Waals surface area contributed by atoms with Gasteiger partial charge in [0.25, 0.3) is 0 Å². The molecule has 1 rings (SSSR count). The quantitative estimate of drug-likeness (QED) is 0.867. The Balaban J connectivity index is 2.30. The number of hydrogen-bond donors (Lipinski definition) is 1. The topological polar surface area (TPSA) is 35.2 Å². The van der Waals surface area contributed by atoms with Crippen molar-refractivity contribution in [3.63, 3.8) is 0 Å². The van der Waals surface area contributed by atoms with Crippen LogP contribution >= 0.6 is 0 Å². The number of hydrogen-bond acceptors (Lipinski definition) is 2. The second-order valence-electron chi connectivity index (χ2n) is 4.08. The van der Waals surface area contributed by atoms with Gasteiger partial charge in [0.1, 0.15) is 6.61 Å². The van der Waals surface area contributed by atoms with Gasteiger partial charge in [-0.15, -0.1) is 0 Å². The first kappa shape index (κ1) is 14.0. The second kappa shape index (κ2) is 6.02. The van der Waals surface area contributed by atoms with Crippen LogP contribution in [0.1, 0.15) is 11.1 Å². The zero-order chi connectivity index (χ0) is 12.9. The van der Waals surface area contributed by atoms with E-state index in [0.29, 0.717) is 6.42 Å². The third-order valence-electron chi connectivity index (χ3n) is 2.22. The highest BCUT2D eigenvalue weighted by Crippen LogP contribution is 2.14. The minimum absolute atomic E-state index is 0.0899. The Hall–Kier alpha value is -1.07. The first-order valence-electron chi connectivity index (χ1n) is 5.32. The normalized spacial score (nSPS) is 13.7. The molecule has 0 spiro atoms. The smallest absolute Gasteiger partial charge is 0.370 e. The molecule has 0 aliphatic carbocycles. The molecular formula is C12H16F3NO. The number of rotatable bonds is 5. The minimum atomic E-state index is -4.29. The highest BCUT2D eigenvalue weighted by Gasteiger charge is 2.27. The standard InChI is InChI=1S/C12H16F3NO/c1-9-2-4-10(5-3-9)6-11(16)7-17-8-12(13,14)15/h2-5,11H,6-8,16H2,1H3. The predicted molar refractivity (Wildman–Crippen MR) is 59.7 cm³/mol. The molecule has 0 aliphatic heterocycles. The Morgan fingerprint density at radius 2 is 1.82 bits per heavy atom. The van der Waals surface area contributed by atoms with Crippen molar-refractivity contribution in [3.05, 3.63) is 35.4 Å². The van der Waals surface area contributed by atoms with E-state index in [2.05, 4.69) is 4.74 Å². The maximum atomic E-state index is 11.8. The van der Waals surface area contributed by atoms with Crippen LogP contribution in [0.25, 0.3) is 0 Å². The van der Waals surface area contributed by atoms with Crippen molar-refractivity contribution < 1.29 is 17.9 Å². The molecule has 1 aromatic rings. The molecule has 1 atom stereocenters. The maximum Gasteiger partial charge on any atom is 0.411 e. The highest BCUT2D eigenvalue weighted by molar-refractivity contribution is 5.21. The van der Waals surface area contributed by atoms with E-state index in [4.69, 9.17) is 5.73 Å². The van der Waals surface area contributed by atoms with E-state index in [-0.39, 0.29) is 6.61 Å². The van der Waals surface area contributed by atoms with Gasteiger partial charge in [-0.05, 0) is 18.9 Å². The molecule has 0 bridgehead atoms. The Labute approximate surface area is 98.6 Å². The summed E-state index contributed by atoms with van der Waals surface area (Å²) in [7, 11) is 0. The summed E-state index contributed by atoms with van der Waals surface area (Å²) in [5.41, 5.74) is 7.81. The summed E-state index contributed by atoms with van der Waals surface area (Å²) in [5, 5.41) is 0. The summed E-state index contributed by atoms with van der Waals surface area (Å²) in [4.78, 5) is 0. The summed E-state index contributed by atoms with van der Waals surface area (Å²) in [6, 6.07) is 7.30. The van der Waals surface area contributed by atoms with Gasteiger partial charge in [0.15, 0.2) is 0 Å². The molecule has 0 radical (unpaired) electrons. The van der Waals surface area contributed by atoms with Crippen LogP contribution in [0.4, 0.5) is 13.2 Å². The van der Waals surface area contributed by atoms with Gasteiger partial charge in [-0.3, -0.25) is 0 Å². The van der Waals surface area contributed by atoms with E-state index < -0.39 is 18.8 Å². The maximum absolute atomic E-state index is 11.8. The Morgan fingerprint density at radius 3 is 2.35 bits per heavy atom. The van der Waals surface area contributed by atoms with Gasteiger partial charge in [-0.2, -0.15) is 13.2 Å². The van der Waals surface area contributed by atoms with E-state index in [1.54, 1.807) is 0 Å². The molecule has 0 aliphatic rings. The Bertz CT molecular complexity index is 335. The number of benzene rings is 1. The molecule has 17 heavy (non-hydrogen) atoms. The molecule has 5 heteroatoms.